The molecule has 0 aliphatic heterocycles. The minimum absolute atomic E-state index is 0.105. The van der Waals surface area contributed by atoms with Crippen LogP contribution in [0.4, 0.5) is 0 Å². The van der Waals surface area contributed by atoms with Crippen LogP contribution in [0.2, 0.25) is 0 Å². The van der Waals surface area contributed by atoms with Crippen molar-refractivity contribution in [2.24, 2.45) is 0 Å². The Hall–Kier alpha value is -3.17. The quantitative estimate of drug-likeness (QED) is 0.546. The van der Waals surface area contributed by atoms with Gasteiger partial charge in [0.25, 0.3) is 15.9 Å². The molecule has 0 aliphatic rings. The summed E-state index contributed by atoms with van der Waals surface area (Å²) in [5, 5.41) is 3.60. The van der Waals surface area contributed by atoms with E-state index in [0.717, 1.165) is 11.1 Å². The highest BCUT2D eigenvalue weighted by Gasteiger charge is 2.24. The Morgan fingerprint density at radius 3 is 2.45 bits per heavy atom. The van der Waals surface area contributed by atoms with Gasteiger partial charge in [-0.1, -0.05) is 53.7 Å². The van der Waals surface area contributed by atoms with Gasteiger partial charge in [0.15, 0.2) is 12.4 Å². The highest BCUT2D eigenvalue weighted by atomic mass is 32.2. The number of benzene rings is 2. The molecule has 0 saturated carbocycles. The Bertz CT molecular complexity index is 1070. The molecule has 3 aromatic rings. The maximum absolute atomic E-state index is 12.3. The van der Waals surface area contributed by atoms with Crippen molar-refractivity contribution in [3.63, 3.8) is 0 Å². The third-order valence-corrected chi connectivity index (χ3v) is 5.62. The number of para-hydroxylation sites is 1. The minimum atomic E-state index is -4.00. The molecule has 0 saturated heterocycles. The number of hydrogen-bond acceptors (Lipinski definition) is 6. The van der Waals surface area contributed by atoms with E-state index < -0.39 is 15.9 Å². The van der Waals surface area contributed by atoms with Gasteiger partial charge in [0.05, 0.1) is 0 Å². The second-order valence-electron chi connectivity index (χ2n) is 6.37. The summed E-state index contributed by atoms with van der Waals surface area (Å²) >= 11 is 0. The largest absolute Gasteiger partial charge is 0.483 e. The predicted molar refractivity (Wildman–Crippen MR) is 106 cm³/mol. The van der Waals surface area contributed by atoms with Gasteiger partial charge < -0.3 is 9.26 Å². The zero-order chi connectivity index (χ0) is 20.9. The standard InChI is InChI=1S/C20H21N3O5S/c1-14-20(15(2)28-22-14)29(25,26)23-21-19(24)13-27-18-11-7-6-10-17(18)12-16-8-4-3-5-9-16/h3-11,23H,12-13H2,1-2H3,(H,21,24). The number of rotatable bonds is 8. The molecule has 0 atom stereocenters. The van der Waals surface area contributed by atoms with Crippen LogP contribution in [0.25, 0.3) is 0 Å². The molecule has 29 heavy (non-hydrogen) atoms. The number of aromatic nitrogens is 1. The summed E-state index contributed by atoms with van der Waals surface area (Å²) in [5.74, 6) is 0.0465. The Morgan fingerprint density at radius 2 is 1.76 bits per heavy atom. The van der Waals surface area contributed by atoms with E-state index in [9.17, 15) is 13.2 Å². The number of nitrogens with zero attached hydrogens (tertiary/aromatic N) is 1. The molecule has 0 fully saturated rings. The van der Waals surface area contributed by atoms with Crippen molar-refractivity contribution in [3.05, 3.63) is 77.2 Å². The first-order valence-electron chi connectivity index (χ1n) is 8.85. The van der Waals surface area contributed by atoms with Crippen molar-refractivity contribution in [2.75, 3.05) is 6.61 Å². The average Bonchev–Trinajstić information content (AvgIpc) is 3.05. The molecule has 152 valence electrons. The Labute approximate surface area is 168 Å². The Balaban J connectivity index is 1.59. The molecule has 0 unspecified atom stereocenters. The zero-order valence-corrected chi connectivity index (χ0v) is 16.8. The Kier molecular flexibility index (Phi) is 6.30. The number of carbonyl (C=O) groups excluding carboxylic acids is 1. The third-order valence-electron chi connectivity index (χ3n) is 4.13. The molecule has 1 heterocycles. The second kappa shape index (κ2) is 8.89. The van der Waals surface area contributed by atoms with Gasteiger partial charge in [-0.25, -0.2) is 8.42 Å². The lowest BCUT2D eigenvalue weighted by molar-refractivity contribution is -0.123. The molecule has 0 aliphatic carbocycles. The van der Waals surface area contributed by atoms with Crippen molar-refractivity contribution in [1.29, 1.82) is 0 Å². The van der Waals surface area contributed by atoms with Gasteiger partial charge >= 0.3 is 0 Å². The number of hydrazine groups is 1. The first-order valence-corrected chi connectivity index (χ1v) is 10.3. The van der Waals surface area contributed by atoms with Crippen molar-refractivity contribution in [2.45, 2.75) is 25.2 Å². The lowest BCUT2D eigenvalue weighted by Gasteiger charge is -2.12. The monoisotopic (exact) mass is 415 g/mol. The van der Waals surface area contributed by atoms with Crippen molar-refractivity contribution >= 4 is 15.9 Å². The lowest BCUT2D eigenvalue weighted by Crippen LogP contribution is -2.44. The highest BCUT2D eigenvalue weighted by Crippen LogP contribution is 2.21. The van der Waals surface area contributed by atoms with Crippen molar-refractivity contribution in [3.8, 4) is 5.75 Å². The van der Waals surface area contributed by atoms with Crippen LogP contribution in [-0.4, -0.2) is 26.1 Å². The fourth-order valence-electron chi connectivity index (χ4n) is 2.82. The summed E-state index contributed by atoms with van der Waals surface area (Å²) < 4.78 is 35.1. The van der Waals surface area contributed by atoms with Crippen LogP contribution >= 0.6 is 0 Å². The lowest BCUT2D eigenvalue weighted by atomic mass is 10.0. The van der Waals surface area contributed by atoms with Gasteiger partial charge in [-0.15, -0.1) is 4.83 Å². The van der Waals surface area contributed by atoms with Gasteiger partial charge in [-0.05, 0) is 31.0 Å². The topological polar surface area (TPSA) is 111 Å². The van der Waals surface area contributed by atoms with Crippen LogP contribution in [0.15, 0.2) is 64.0 Å². The second-order valence-corrected chi connectivity index (χ2v) is 7.98. The van der Waals surface area contributed by atoms with Gasteiger partial charge in [0.1, 0.15) is 16.3 Å². The summed E-state index contributed by atoms with van der Waals surface area (Å²) in [6.07, 6.45) is 0.650. The maximum Gasteiger partial charge on any atom is 0.272 e. The molecule has 1 amide bonds. The summed E-state index contributed by atoms with van der Waals surface area (Å²) in [7, 11) is -4.00. The zero-order valence-electron chi connectivity index (χ0n) is 16.0. The van der Waals surface area contributed by atoms with Crippen LogP contribution in [0, 0.1) is 13.8 Å². The SMILES string of the molecule is Cc1noc(C)c1S(=O)(=O)NNC(=O)COc1ccccc1Cc1ccccc1. The van der Waals surface area contributed by atoms with Gasteiger partial charge in [-0.3, -0.25) is 10.2 Å². The van der Waals surface area contributed by atoms with E-state index >= 15 is 0 Å². The molecule has 0 spiro atoms. The number of hydrogen-bond donors (Lipinski definition) is 2. The summed E-state index contributed by atoms with van der Waals surface area (Å²) in [5.41, 5.74) is 4.37. The fraction of sp³-hybridized carbons (Fsp3) is 0.200. The molecule has 2 aromatic carbocycles. The first kappa shape index (κ1) is 20.6. The van der Waals surface area contributed by atoms with E-state index in [1.807, 2.05) is 53.4 Å². The number of carbonyl (C=O) groups is 1. The highest BCUT2D eigenvalue weighted by molar-refractivity contribution is 7.89. The Morgan fingerprint density at radius 1 is 1.07 bits per heavy atom. The number of amides is 1. The summed E-state index contributed by atoms with van der Waals surface area (Å²) in [6.45, 7) is 2.62. The smallest absolute Gasteiger partial charge is 0.272 e. The van der Waals surface area contributed by atoms with Crippen LogP contribution in [0.5, 0.6) is 5.75 Å². The summed E-state index contributed by atoms with van der Waals surface area (Å²) in [4.78, 5) is 14.0. The third kappa shape index (κ3) is 5.21. The maximum atomic E-state index is 12.3. The van der Waals surface area contributed by atoms with E-state index in [1.54, 1.807) is 6.07 Å². The molecule has 1 aromatic heterocycles. The number of aryl methyl sites for hydroxylation is 2. The van der Waals surface area contributed by atoms with E-state index in [0.29, 0.717) is 12.2 Å². The molecular formula is C20H21N3O5S. The summed E-state index contributed by atoms with van der Waals surface area (Å²) in [6, 6.07) is 17.2. The molecule has 0 bridgehead atoms. The van der Waals surface area contributed by atoms with Gasteiger partial charge in [-0.2, -0.15) is 0 Å². The predicted octanol–water partition coefficient (Wildman–Crippen LogP) is 2.27. The van der Waals surface area contributed by atoms with Gasteiger partial charge in [0.2, 0.25) is 0 Å². The average molecular weight is 415 g/mol. The van der Waals surface area contributed by atoms with Crippen molar-refractivity contribution in [1.82, 2.24) is 15.4 Å². The van der Waals surface area contributed by atoms with Crippen LogP contribution in [0.1, 0.15) is 22.6 Å². The van der Waals surface area contributed by atoms with E-state index in [2.05, 4.69) is 10.6 Å². The number of sulfonamides is 1. The van der Waals surface area contributed by atoms with Crippen LogP contribution in [-0.2, 0) is 21.2 Å². The molecule has 9 heteroatoms. The molecular weight excluding hydrogens is 394 g/mol. The fourth-order valence-corrected chi connectivity index (χ4v) is 4.01. The van der Waals surface area contributed by atoms with Gasteiger partial charge in [0, 0.05) is 6.42 Å². The molecule has 3 rings (SSSR count). The van der Waals surface area contributed by atoms with E-state index in [4.69, 9.17) is 9.26 Å². The van der Waals surface area contributed by atoms with E-state index in [-0.39, 0.29) is 23.0 Å². The number of ether oxygens (including phenoxy) is 1. The number of nitrogens with one attached hydrogen (secondary N) is 2. The molecule has 0 radical (unpaired) electrons. The van der Waals surface area contributed by atoms with E-state index in [1.165, 1.54) is 13.8 Å². The minimum Gasteiger partial charge on any atom is -0.483 e. The normalized spacial score (nSPS) is 11.2. The van der Waals surface area contributed by atoms with Crippen LogP contribution < -0.4 is 15.0 Å². The molecule has 2 N–H and O–H groups in total. The van der Waals surface area contributed by atoms with Crippen molar-refractivity contribution < 1.29 is 22.5 Å². The first-order chi connectivity index (χ1) is 13.9. The van der Waals surface area contributed by atoms with Crippen LogP contribution in [0.3, 0.4) is 0 Å². The molecule has 8 nitrogen and oxygen atoms in total.